The third kappa shape index (κ3) is 6.56. The summed E-state index contributed by atoms with van der Waals surface area (Å²) in [5, 5.41) is 11.0. The summed E-state index contributed by atoms with van der Waals surface area (Å²) in [4.78, 5) is 4.77. The number of benzene rings is 1. The first-order chi connectivity index (χ1) is 14.5. The first-order valence-corrected chi connectivity index (χ1v) is 12.3. The summed E-state index contributed by atoms with van der Waals surface area (Å²) < 4.78 is 26.8. The fourth-order valence-electron chi connectivity index (χ4n) is 3.63. The highest BCUT2D eigenvalue weighted by Gasteiger charge is 2.24. The van der Waals surface area contributed by atoms with Gasteiger partial charge in [0.15, 0.2) is 5.96 Å². The normalized spacial score (nSPS) is 16.5. The summed E-state index contributed by atoms with van der Waals surface area (Å²) in [5.41, 5.74) is 2.38. The van der Waals surface area contributed by atoms with Crippen LogP contribution in [0.5, 0.6) is 0 Å². The number of guanidine groups is 1. The van der Waals surface area contributed by atoms with Crippen molar-refractivity contribution >= 4 is 16.0 Å². The highest BCUT2D eigenvalue weighted by molar-refractivity contribution is 7.88. The van der Waals surface area contributed by atoms with E-state index in [4.69, 9.17) is 4.99 Å². The molecule has 0 atom stereocenters. The van der Waals surface area contributed by atoms with Gasteiger partial charge in [0.1, 0.15) is 0 Å². The van der Waals surface area contributed by atoms with Gasteiger partial charge in [-0.05, 0) is 42.9 Å². The van der Waals surface area contributed by atoms with Gasteiger partial charge in [-0.1, -0.05) is 24.3 Å². The van der Waals surface area contributed by atoms with Crippen LogP contribution in [0, 0.1) is 5.92 Å². The number of nitrogens with zero attached hydrogens (tertiary/aromatic N) is 4. The van der Waals surface area contributed by atoms with Crippen LogP contribution in [0.3, 0.4) is 0 Å². The van der Waals surface area contributed by atoms with E-state index in [0.29, 0.717) is 25.6 Å². The Morgan fingerprint density at radius 2 is 1.90 bits per heavy atom. The number of nitrogens with one attached hydrogen (secondary N) is 2. The summed E-state index contributed by atoms with van der Waals surface area (Å²) in [5.74, 6) is 1.23. The van der Waals surface area contributed by atoms with Crippen molar-refractivity contribution in [3.05, 3.63) is 53.9 Å². The molecular weight excluding hydrogens is 400 g/mol. The third-order valence-corrected chi connectivity index (χ3v) is 6.67. The van der Waals surface area contributed by atoms with Crippen molar-refractivity contribution in [3.63, 3.8) is 0 Å². The van der Waals surface area contributed by atoms with E-state index in [1.807, 2.05) is 36.0 Å². The third-order valence-electron chi connectivity index (χ3n) is 5.36. The van der Waals surface area contributed by atoms with E-state index >= 15 is 0 Å². The second-order valence-corrected chi connectivity index (χ2v) is 9.64. The van der Waals surface area contributed by atoms with Crippen LogP contribution in [0.2, 0.25) is 0 Å². The Labute approximate surface area is 179 Å². The van der Waals surface area contributed by atoms with Crippen LogP contribution in [0.25, 0.3) is 0 Å². The molecule has 2 aromatic rings. The largest absolute Gasteiger partial charge is 0.357 e. The molecule has 2 heterocycles. The molecule has 1 fully saturated rings. The first-order valence-electron chi connectivity index (χ1n) is 10.5. The van der Waals surface area contributed by atoms with Gasteiger partial charge in [0.25, 0.3) is 0 Å². The Bertz CT molecular complexity index is 919. The second kappa shape index (κ2) is 10.6. The molecular formula is C21H32N6O2S. The summed E-state index contributed by atoms with van der Waals surface area (Å²) in [6.07, 6.45) is 6.76. The molecule has 1 aromatic heterocycles. The second-order valence-electron chi connectivity index (χ2n) is 7.65. The van der Waals surface area contributed by atoms with E-state index in [1.165, 1.54) is 17.4 Å². The van der Waals surface area contributed by atoms with Crippen LogP contribution < -0.4 is 10.6 Å². The SMILES string of the molecule is CCNC(=NCc1ccccc1Cn1cccn1)NCC1CCN(S(C)(=O)=O)CC1. The molecule has 2 N–H and O–H groups in total. The molecule has 8 nitrogen and oxygen atoms in total. The van der Waals surface area contributed by atoms with Crippen LogP contribution >= 0.6 is 0 Å². The van der Waals surface area contributed by atoms with Crippen molar-refractivity contribution in [2.45, 2.75) is 32.9 Å². The van der Waals surface area contributed by atoms with E-state index in [-0.39, 0.29) is 0 Å². The highest BCUT2D eigenvalue weighted by atomic mass is 32.2. The smallest absolute Gasteiger partial charge is 0.211 e. The lowest BCUT2D eigenvalue weighted by atomic mass is 9.98. The highest BCUT2D eigenvalue weighted by Crippen LogP contribution is 2.18. The van der Waals surface area contributed by atoms with Crippen LogP contribution in [-0.2, 0) is 23.1 Å². The molecule has 1 aliphatic rings. The number of hydrogen-bond acceptors (Lipinski definition) is 4. The van der Waals surface area contributed by atoms with Gasteiger partial charge in [-0.2, -0.15) is 5.10 Å². The van der Waals surface area contributed by atoms with Gasteiger partial charge in [-0.15, -0.1) is 0 Å². The lowest BCUT2D eigenvalue weighted by Crippen LogP contribution is -2.44. The molecule has 1 saturated heterocycles. The quantitative estimate of drug-likeness (QED) is 0.489. The molecule has 1 aromatic carbocycles. The zero-order valence-electron chi connectivity index (χ0n) is 17.8. The predicted octanol–water partition coefficient (Wildman–Crippen LogP) is 1.66. The maximum absolute atomic E-state index is 11.7. The summed E-state index contributed by atoms with van der Waals surface area (Å²) >= 11 is 0. The van der Waals surface area contributed by atoms with Gasteiger partial charge in [-0.3, -0.25) is 4.68 Å². The zero-order chi connectivity index (χ0) is 21.4. The molecule has 0 unspecified atom stereocenters. The Hall–Kier alpha value is -2.39. The van der Waals surface area contributed by atoms with Gasteiger partial charge in [0, 0.05) is 38.6 Å². The predicted molar refractivity (Wildman–Crippen MR) is 120 cm³/mol. The van der Waals surface area contributed by atoms with E-state index < -0.39 is 10.0 Å². The van der Waals surface area contributed by atoms with Crippen molar-refractivity contribution in [1.82, 2.24) is 24.7 Å². The van der Waals surface area contributed by atoms with Crippen molar-refractivity contribution < 1.29 is 8.42 Å². The van der Waals surface area contributed by atoms with Gasteiger partial charge in [0.05, 0.1) is 19.3 Å². The van der Waals surface area contributed by atoms with Crippen molar-refractivity contribution in [2.24, 2.45) is 10.9 Å². The first kappa shape index (κ1) is 22.3. The van der Waals surface area contributed by atoms with Crippen LogP contribution in [0.15, 0.2) is 47.7 Å². The molecule has 0 spiro atoms. The average molecular weight is 433 g/mol. The number of hydrogen-bond donors (Lipinski definition) is 2. The van der Waals surface area contributed by atoms with Gasteiger partial charge in [-0.25, -0.2) is 17.7 Å². The maximum atomic E-state index is 11.7. The minimum atomic E-state index is -3.08. The molecule has 0 aliphatic carbocycles. The Kier molecular flexibility index (Phi) is 7.87. The number of sulfonamides is 1. The van der Waals surface area contributed by atoms with Gasteiger partial charge < -0.3 is 10.6 Å². The number of aliphatic imine (C=N–C) groups is 1. The molecule has 1 aliphatic heterocycles. The van der Waals surface area contributed by atoms with Crippen LogP contribution in [-0.4, -0.2) is 60.9 Å². The van der Waals surface area contributed by atoms with Gasteiger partial charge in [0.2, 0.25) is 10.0 Å². The lowest BCUT2D eigenvalue weighted by molar-refractivity contribution is 0.275. The molecule has 9 heteroatoms. The van der Waals surface area contributed by atoms with Crippen molar-refractivity contribution in [3.8, 4) is 0 Å². The zero-order valence-corrected chi connectivity index (χ0v) is 18.6. The number of aromatic nitrogens is 2. The average Bonchev–Trinajstić information content (AvgIpc) is 3.24. The van der Waals surface area contributed by atoms with Crippen LogP contribution in [0.4, 0.5) is 0 Å². The number of piperidine rings is 1. The van der Waals surface area contributed by atoms with Crippen molar-refractivity contribution in [1.29, 1.82) is 0 Å². The fraction of sp³-hybridized carbons (Fsp3) is 0.524. The molecule has 0 saturated carbocycles. The molecule has 0 amide bonds. The number of rotatable bonds is 8. The summed E-state index contributed by atoms with van der Waals surface area (Å²) in [7, 11) is -3.08. The fourth-order valence-corrected chi connectivity index (χ4v) is 4.50. The van der Waals surface area contributed by atoms with E-state index in [0.717, 1.165) is 38.4 Å². The van der Waals surface area contributed by atoms with Crippen LogP contribution in [0.1, 0.15) is 30.9 Å². The monoisotopic (exact) mass is 432 g/mol. The molecule has 164 valence electrons. The van der Waals surface area contributed by atoms with Gasteiger partial charge >= 0.3 is 0 Å². The molecule has 3 rings (SSSR count). The molecule has 30 heavy (non-hydrogen) atoms. The van der Waals surface area contributed by atoms with Crippen molar-refractivity contribution in [2.75, 3.05) is 32.4 Å². The Morgan fingerprint density at radius 3 is 2.53 bits per heavy atom. The Morgan fingerprint density at radius 1 is 1.17 bits per heavy atom. The molecule has 0 radical (unpaired) electrons. The summed E-state index contributed by atoms with van der Waals surface area (Å²) in [6.45, 7) is 6.12. The van der Waals surface area contributed by atoms with E-state index in [9.17, 15) is 8.42 Å². The van der Waals surface area contributed by atoms with E-state index in [1.54, 1.807) is 10.5 Å². The molecule has 0 bridgehead atoms. The minimum Gasteiger partial charge on any atom is -0.357 e. The topological polar surface area (TPSA) is 91.6 Å². The minimum absolute atomic E-state index is 0.443. The van der Waals surface area contributed by atoms with E-state index in [2.05, 4.69) is 27.9 Å². The standard InChI is InChI=1S/C21H32N6O2S/c1-3-22-21(23-15-18-9-13-27(14-10-18)30(2,28)29)24-16-19-7-4-5-8-20(19)17-26-12-6-11-25-26/h4-8,11-12,18H,3,9-10,13-17H2,1-2H3,(H2,22,23,24). The Balaban J connectivity index is 1.56. The summed E-state index contributed by atoms with van der Waals surface area (Å²) in [6, 6.07) is 10.2. The lowest BCUT2D eigenvalue weighted by Gasteiger charge is -2.30. The maximum Gasteiger partial charge on any atom is 0.211 e.